The van der Waals surface area contributed by atoms with Crippen LogP contribution in [0.15, 0.2) is 4.52 Å². The molecule has 1 saturated carbocycles. The number of nitrogens with one attached hydrogen (secondary N) is 1. The van der Waals surface area contributed by atoms with Crippen LogP contribution >= 0.6 is 0 Å². The first kappa shape index (κ1) is 11.5. The van der Waals surface area contributed by atoms with Gasteiger partial charge in [-0.15, -0.1) is 0 Å². The Morgan fingerprint density at radius 1 is 1.56 bits per heavy atom. The monoisotopic (exact) mass is 225 g/mol. The lowest BCUT2D eigenvalue weighted by Crippen LogP contribution is -2.24. The molecule has 1 aliphatic carbocycles. The van der Waals surface area contributed by atoms with Crippen LogP contribution < -0.4 is 5.32 Å². The number of hydrogen-bond donors (Lipinski definition) is 1. The van der Waals surface area contributed by atoms with Crippen LogP contribution in [0.1, 0.15) is 44.8 Å². The van der Waals surface area contributed by atoms with Crippen LogP contribution in [0.3, 0.4) is 0 Å². The molecule has 1 heterocycles. The van der Waals surface area contributed by atoms with Gasteiger partial charge in [0.1, 0.15) is 5.60 Å². The smallest absolute Gasteiger partial charge is 0.258 e. The molecule has 0 amide bonds. The molecule has 1 atom stereocenters. The van der Waals surface area contributed by atoms with Gasteiger partial charge in [0.25, 0.3) is 5.89 Å². The average Bonchev–Trinajstić information content (AvgIpc) is 3.02. The summed E-state index contributed by atoms with van der Waals surface area (Å²) < 4.78 is 10.6. The van der Waals surface area contributed by atoms with E-state index in [1.807, 2.05) is 13.8 Å². The van der Waals surface area contributed by atoms with E-state index in [9.17, 15) is 0 Å². The van der Waals surface area contributed by atoms with Gasteiger partial charge in [0.05, 0.1) is 6.54 Å². The fourth-order valence-corrected chi connectivity index (χ4v) is 1.45. The highest BCUT2D eigenvalue weighted by molar-refractivity contribution is 4.97. The van der Waals surface area contributed by atoms with Crippen LogP contribution in [0.25, 0.3) is 0 Å². The van der Waals surface area contributed by atoms with E-state index >= 15 is 0 Å². The van der Waals surface area contributed by atoms with Gasteiger partial charge in [0.2, 0.25) is 0 Å². The molecule has 16 heavy (non-hydrogen) atoms. The summed E-state index contributed by atoms with van der Waals surface area (Å²) in [7, 11) is 1.66. The highest BCUT2D eigenvalue weighted by atomic mass is 16.5. The summed E-state index contributed by atoms with van der Waals surface area (Å²) in [5.41, 5.74) is -0.467. The Morgan fingerprint density at radius 3 is 2.88 bits per heavy atom. The van der Waals surface area contributed by atoms with Crippen molar-refractivity contribution in [1.29, 1.82) is 0 Å². The molecular weight excluding hydrogens is 206 g/mol. The molecule has 1 aromatic rings. The quantitative estimate of drug-likeness (QED) is 0.796. The van der Waals surface area contributed by atoms with E-state index in [4.69, 9.17) is 9.26 Å². The molecule has 5 nitrogen and oxygen atoms in total. The average molecular weight is 225 g/mol. The van der Waals surface area contributed by atoms with Crippen molar-refractivity contribution in [3.8, 4) is 0 Å². The van der Waals surface area contributed by atoms with Gasteiger partial charge in [-0.1, -0.05) is 12.1 Å². The lowest BCUT2D eigenvalue weighted by molar-refractivity contribution is -0.0272. The predicted molar refractivity (Wildman–Crippen MR) is 58.8 cm³/mol. The van der Waals surface area contributed by atoms with Crippen molar-refractivity contribution in [2.45, 2.75) is 51.3 Å². The number of aromatic nitrogens is 2. The number of hydrogen-bond acceptors (Lipinski definition) is 5. The number of nitrogens with zero attached hydrogens (tertiary/aromatic N) is 2. The van der Waals surface area contributed by atoms with E-state index in [-0.39, 0.29) is 0 Å². The number of ether oxygens (including phenoxy) is 1. The molecule has 1 aromatic heterocycles. The lowest BCUT2D eigenvalue weighted by atomic mass is 10.0. The third-order valence-electron chi connectivity index (χ3n) is 3.17. The Bertz CT molecular complexity index is 343. The molecule has 0 radical (unpaired) electrons. The highest BCUT2D eigenvalue weighted by Crippen LogP contribution is 2.26. The van der Waals surface area contributed by atoms with Gasteiger partial charge < -0.3 is 14.6 Å². The van der Waals surface area contributed by atoms with Crippen molar-refractivity contribution in [2.24, 2.45) is 0 Å². The first-order chi connectivity index (χ1) is 7.68. The number of methoxy groups -OCH3 is 1. The maximum Gasteiger partial charge on any atom is 0.258 e. The van der Waals surface area contributed by atoms with Gasteiger partial charge >= 0.3 is 0 Å². The lowest BCUT2D eigenvalue weighted by Gasteiger charge is -2.21. The van der Waals surface area contributed by atoms with Gasteiger partial charge in [-0.05, 0) is 26.2 Å². The van der Waals surface area contributed by atoms with Crippen molar-refractivity contribution >= 4 is 0 Å². The van der Waals surface area contributed by atoms with Gasteiger partial charge in [-0.25, -0.2) is 0 Å². The van der Waals surface area contributed by atoms with Gasteiger partial charge in [-0.3, -0.25) is 0 Å². The second kappa shape index (κ2) is 4.51. The van der Waals surface area contributed by atoms with Gasteiger partial charge in [0, 0.05) is 13.2 Å². The van der Waals surface area contributed by atoms with E-state index in [1.165, 1.54) is 12.8 Å². The van der Waals surface area contributed by atoms with Gasteiger partial charge in [-0.2, -0.15) is 4.98 Å². The standard InChI is InChI=1S/C11H19N3O2/c1-4-11(2,15-3)10-13-9(14-16-10)7-12-8-5-6-8/h8,12H,4-7H2,1-3H3. The second-order valence-electron chi connectivity index (χ2n) is 4.46. The molecule has 0 saturated heterocycles. The van der Waals surface area contributed by atoms with Crippen LogP contribution in [0, 0.1) is 0 Å². The van der Waals surface area contributed by atoms with Gasteiger partial charge in [0.15, 0.2) is 5.82 Å². The highest BCUT2D eigenvalue weighted by Gasteiger charge is 2.31. The molecule has 0 aromatic carbocycles. The summed E-state index contributed by atoms with van der Waals surface area (Å²) in [6.45, 7) is 4.67. The van der Waals surface area contributed by atoms with E-state index in [0.29, 0.717) is 24.3 Å². The zero-order valence-corrected chi connectivity index (χ0v) is 10.1. The van der Waals surface area contributed by atoms with E-state index in [1.54, 1.807) is 7.11 Å². The van der Waals surface area contributed by atoms with Crippen LogP contribution in [0.5, 0.6) is 0 Å². The Morgan fingerprint density at radius 2 is 2.31 bits per heavy atom. The van der Waals surface area contributed by atoms with E-state index in [0.717, 1.165) is 6.42 Å². The topological polar surface area (TPSA) is 60.2 Å². The molecule has 5 heteroatoms. The Kier molecular flexibility index (Phi) is 3.25. The fraction of sp³-hybridized carbons (Fsp3) is 0.818. The van der Waals surface area contributed by atoms with Crippen LogP contribution in [-0.4, -0.2) is 23.3 Å². The second-order valence-corrected chi connectivity index (χ2v) is 4.46. The molecular formula is C11H19N3O2. The maximum atomic E-state index is 5.41. The molecule has 90 valence electrons. The third kappa shape index (κ3) is 2.41. The Hall–Kier alpha value is -0.940. The summed E-state index contributed by atoms with van der Waals surface area (Å²) >= 11 is 0. The molecule has 1 unspecified atom stereocenters. The first-order valence-corrected chi connectivity index (χ1v) is 5.79. The number of rotatable bonds is 6. The molecule has 1 fully saturated rings. The minimum Gasteiger partial charge on any atom is -0.369 e. The van der Waals surface area contributed by atoms with E-state index < -0.39 is 5.60 Å². The van der Waals surface area contributed by atoms with Crippen LogP contribution in [-0.2, 0) is 16.9 Å². The Balaban J connectivity index is 1.99. The fourth-order valence-electron chi connectivity index (χ4n) is 1.45. The summed E-state index contributed by atoms with van der Waals surface area (Å²) in [4.78, 5) is 4.36. The minimum atomic E-state index is -0.467. The molecule has 0 aliphatic heterocycles. The largest absolute Gasteiger partial charge is 0.369 e. The molecule has 0 spiro atoms. The van der Waals surface area contributed by atoms with Crippen LogP contribution in [0.4, 0.5) is 0 Å². The zero-order valence-electron chi connectivity index (χ0n) is 10.1. The SMILES string of the molecule is CCC(C)(OC)c1nc(CNC2CC2)no1. The first-order valence-electron chi connectivity index (χ1n) is 5.79. The third-order valence-corrected chi connectivity index (χ3v) is 3.17. The Labute approximate surface area is 95.6 Å². The minimum absolute atomic E-state index is 0.467. The zero-order chi connectivity index (χ0) is 11.6. The summed E-state index contributed by atoms with van der Waals surface area (Å²) in [6.07, 6.45) is 3.33. The summed E-state index contributed by atoms with van der Waals surface area (Å²) in [5, 5.41) is 7.30. The normalized spacial score (nSPS) is 19.7. The van der Waals surface area contributed by atoms with Crippen molar-refractivity contribution in [3.63, 3.8) is 0 Å². The summed E-state index contributed by atoms with van der Waals surface area (Å²) in [5.74, 6) is 1.27. The van der Waals surface area contributed by atoms with Crippen molar-refractivity contribution in [2.75, 3.05) is 7.11 Å². The molecule has 2 rings (SSSR count). The molecule has 1 aliphatic rings. The predicted octanol–water partition coefficient (Wildman–Crippen LogP) is 1.59. The summed E-state index contributed by atoms with van der Waals surface area (Å²) in [6, 6.07) is 0.655. The molecule has 1 N–H and O–H groups in total. The van der Waals surface area contributed by atoms with Crippen molar-refractivity contribution in [1.82, 2.24) is 15.5 Å². The van der Waals surface area contributed by atoms with Crippen molar-refractivity contribution < 1.29 is 9.26 Å². The molecule has 0 bridgehead atoms. The van der Waals surface area contributed by atoms with Crippen molar-refractivity contribution in [3.05, 3.63) is 11.7 Å². The van der Waals surface area contributed by atoms with Crippen LogP contribution in [0.2, 0.25) is 0 Å². The maximum absolute atomic E-state index is 5.41. The van der Waals surface area contributed by atoms with E-state index in [2.05, 4.69) is 15.5 Å².